The maximum Gasteiger partial charge on any atom is 0.270 e. The van der Waals surface area contributed by atoms with Crippen molar-refractivity contribution in [2.45, 2.75) is 19.4 Å². The van der Waals surface area contributed by atoms with E-state index >= 15 is 0 Å². The van der Waals surface area contributed by atoms with Gasteiger partial charge in [-0.3, -0.25) is 14.4 Å². The summed E-state index contributed by atoms with van der Waals surface area (Å²) in [6.07, 6.45) is -0.386. The minimum Gasteiger partial charge on any atom is -0.457 e. The van der Waals surface area contributed by atoms with Crippen LogP contribution < -0.4 is 21.5 Å². The molecular formula is C23H22N4O4. The van der Waals surface area contributed by atoms with Gasteiger partial charge in [0.25, 0.3) is 5.91 Å². The Morgan fingerprint density at radius 2 is 1.55 bits per heavy atom. The number of ether oxygens (including phenoxy) is 1. The molecule has 0 aliphatic rings. The van der Waals surface area contributed by atoms with Gasteiger partial charge in [0.15, 0.2) is 0 Å². The van der Waals surface area contributed by atoms with Crippen LogP contribution in [0.2, 0.25) is 0 Å². The van der Waals surface area contributed by atoms with Crippen molar-refractivity contribution in [2.24, 2.45) is 11.5 Å². The zero-order chi connectivity index (χ0) is 22.4. The second-order valence-electron chi connectivity index (χ2n) is 6.95. The summed E-state index contributed by atoms with van der Waals surface area (Å²) in [5.74, 6) is -0.843. The van der Waals surface area contributed by atoms with E-state index < -0.39 is 23.8 Å². The molecule has 0 radical (unpaired) electrons. The van der Waals surface area contributed by atoms with E-state index in [1.165, 1.54) is 6.07 Å². The van der Waals surface area contributed by atoms with E-state index in [0.717, 1.165) is 16.9 Å². The second kappa shape index (κ2) is 9.53. The molecule has 1 atom stereocenters. The van der Waals surface area contributed by atoms with Crippen molar-refractivity contribution in [3.8, 4) is 22.8 Å². The van der Waals surface area contributed by atoms with Crippen molar-refractivity contribution in [3.63, 3.8) is 0 Å². The average Bonchev–Trinajstić information content (AvgIpc) is 2.75. The van der Waals surface area contributed by atoms with Crippen molar-refractivity contribution >= 4 is 17.7 Å². The Labute approximate surface area is 179 Å². The molecule has 0 spiro atoms. The number of primary amides is 2. The number of rotatable bonds is 8. The SMILES string of the molecule is Cc1ccc(Oc2ccc(-c3cccc(C(=O)N[C@@H](CC(N)=O)C(N)=O)n3)cc2)cc1. The number of benzene rings is 2. The van der Waals surface area contributed by atoms with Crippen LogP contribution in [-0.4, -0.2) is 28.7 Å². The Balaban J connectivity index is 1.73. The molecule has 0 aliphatic heterocycles. The summed E-state index contributed by atoms with van der Waals surface area (Å²) >= 11 is 0. The van der Waals surface area contributed by atoms with Crippen LogP contribution in [0.1, 0.15) is 22.5 Å². The third-order valence-electron chi connectivity index (χ3n) is 4.44. The molecule has 0 saturated carbocycles. The standard InChI is InChI=1S/C23H22N4O4/c1-14-5-9-16(10-6-14)31-17-11-7-15(8-12-17)18-3-2-4-19(26-18)23(30)27-20(22(25)29)13-21(24)28/h2-12,20H,13H2,1H3,(H2,24,28)(H2,25,29)(H,27,30)/t20-/m0/s1. The lowest BCUT2D eigenvalue weighted by atomic mass is 10.1. The van der Waals surface area contributed by atoms with E-state index in [9.17, 15) is 14.4 Å². The first-order valence-electron chi connectivity index (χ1n) is 9.52. The van der Waals surface area contributed by atoms with Crippen molar-refractivity contribution in [1.29, 1.82) is 0 Å². The number of nitrogens with zero attached hydrogens (tertiary/aromatic N) is 1. The first kappa shape index (κ1) is 21.5. The van der Waals surface area contributed by atoms with Gasteiger partial charge in [-0.25, -0.2) is 4.98 Å². The predicted octanol–water partition coefficient (Wildman–Crippen LogP) is 2.31. The fourth-order valence-electron chi connectivity index (χ4n) is 2.81. The molecule has 0 unspecified atom stereocenters. The molecule has 0 bridgehead atoms. The first-order chi connectivity index (χ1) is 14.8. The van der Waals surface area contributed by atoms with E-state index in [1.54, 1.807) is 24.3 Å². The Morgan fingerprint density at radius 3 is 2.13 bits per heavy atom. The van der Waals surface area contributed by atoms with Crippen LogP contribution in [0.3, 0.4) is 0 Å². The lowest BCUT2D eigenvalue weighted by Gasteiger charge is -2.13. The van der Waals surface area contributed by atoms with Crippen LogP contribution >= 0.6 is 0 Å². The molecule has 1 aromatic heterocycles. The summed E-state index contributed by atoms with van der Waals surface area (Å²) < 4.78 is 5.82. The summed E-state index contributed by atoms with van der Waals surface area (Å²) in [6.45, 7) is 2.01. The highest BCUT2D eigenvalue weighted by atomic mass is 16.5. The molecule has 3 amide bonds. The highest BCUT2D eigenvalue weighted by Gasteiger charge is 2.21. The molecule has 3 rings (SSSR count). The number of pyridine rings is 1. The first-order valence-corrected chi connectivity index (χ1v) is 9.52. The lowest BCUT2D eigenvalue weighted by Crippen LogP contribution is -2.46. The summed E-state index contributed by atoms with van der Waals surface area (Å²) in [4.78, 5) is 39.3. The van der Waals surface area contributed by atoms with Gasteiger partial charge in [0.05, 0.1) is 12.1 Å². The van der Waals surface area contributed by atoms with Gasteiger partial charge < -0.3 is 21.5 Å². The van der Waals surface area contributed by atoms with Gasteiger partial charge in [-0.1, -0.05) is 23.8 Å². The fraction of sp³-hybridized carbons (Fsp3) is 0.130. The summed E-state index contributed by atoms with van der Waals surface area (Å²) in [5.41, 5.74) is 12.9. The van der Waals surface area contributed by atoms with Gasteiger partial charge in [-0.2, -0.15) is 0 Å². The number of nitrogens with one attached hydrogen (secondary N) is 1. The molecular weight excluding hydrogens is 396 g/mol. The Bertz CT molecular complexity index is 1100. The van der Waals surface area contributed by atoms with Crippen LogP contribution in [-0.2, 0) is 9.59 Å². The third-order valence-corrected chi connectivity index (χ3v) is 4.44. The molecule has 0 aliphatic carbocycles. The van der Waals surface area contributed by atoms with E-state index in [0.29, 0.717) is 11.4 Å². The number of carbonyl (C=O) groups excluding carboxylic acids is 3. The van der Waals surface area contributed by atoms with Crippen molar-refractivity contribution in [3.05, 3.63) is 78.0 Å². The molecule has 0 saturated heterocycles. The molecule has 8 nitrogen and oxygen atoms in total. The number of aromatic nitrogens is 1. The van der Waals surface area contributed by atoms with Gasteiger partial charge in [-0.05, 0) is 55.5 Å². The molecule has 1 heterocycles. The predicted molar refractivity (Wildman–Crippen MR) is 115 cm³/mol. The number of amides is 3. The van der Waals surface area contributed by atoms with Gasteiger partial charge in [0.2, 0.25) is 11.8 Å². The van der Waals surface area contributed by atoms with Gasteiger partial charge in [0.1, 0.15) is 23.2 Å². The van der Waals surface area contributed by atoms with E-state index in [1.807, 2.05) is 43.3 Å². The van der Waals surface area contributed by atoms with Crippen LogP contribution in [0.25, 0.3) is 11.3 Å². The quantitative estimate of drug-likeness (QED) is 0.515. The molecule has 3 aromatic rings. The van der Waals surface area contributed by atoms with Crippen LogP contribution in [0.5, 0.6) is 11.5 Å². The molecule has 8 heteroatoms. The van der Waals surface area contributed by atoms with E-state index in [2.05, 4.69) is 10.3 Å². The monoisotopic (exact) mass is 418 g/mol. The maximum atomic E-state index is 12.5. The largest absolute Gasteiger partial charge is 0.457 e. The Hall–Kier alpha value is -4.20. The highest BCUT2D eigenvalue weighted by Crippen LogP contribution is 2.25. The zero-order valence-corrected chi connectivity index (χ0v) is 16.9. The topological polar surface area (TPSA) is 137 Å². The normalized spacial score (nSPS) is 11.4. The number of nitrogens with two attached hydrogens (primary N) is 2. The maximum absolute atomic E-state index is 12.5. The van der Waals surface area contributed by atoms with Crippen LogP contribution in [0.15, 0.2) is 66.7 Å². The lowest BCUT2D eigenvalue weighted by molar-refractivity contribution is -0.124. The van der Waals surface area contributed by atoms with Crippen molar-refractivity contribution in [1.82, 2.24) is 10.3 Å². The number of aryl methyl sites for hydroxylation is 1. The number of carbonyl (C=O) groups is 3. The smallest absolute Gasteiger partial charge is 0.270 e. The number of hydrogen-bond acceptors (Lipinski definition) is 5. The van der Waals surface area contributed by atoms with Crippen molar-refractivity contribution in [2.75, 3.05) is 0 Å². The molecule has 2 aromatic carbocycles. The zero-order valence-electron chi connectivity index (χ0n) is 16.9. The summed E-state index contributed by atoms with van der Waals surface area (Å²) in [7, 11) is 0. The third kappa shape index (κ3) is 5.89. The minimum absolute atomic E-state index is 0.0770. The highest BCUT2D eigenvalue weighted by molar-refractivity contribution is 5.97. The minimum atomic E-state index is -1.20. The molecule has 158 valence electrons. The Morgan fingerprint density at radius 1 is 0.935 bits per heavy atom. The average molecular weight is 418 g/mol. The molecule has 0 fully saturated rings. The summed E-state index contributed by atoms with van der Waals surface area (Å²) in [5, 5.41) is 2.39. The van der Waals surface area contributed by atoms with Gasteiger partial charge in [0, 0.05) is 5.56 Å². The van der Waals surface area contributed by atoms with Gasteiger partial charge in [-0.15, -0.1) is 0 Å². The van der Waals surface area contributed by atoms with E-state index in [-0.39, 0.29) is 12.1 Å². The van der Waals surface area contributed by atoms with Crippen molar-refractivity contribution < 1.29 is 19.1 Å². The Kier molecular flexibility index (Phi) is 6.61. The fourth-order valence-corrected chi connectivity index (χ4v) is 2.81. The second-order valence-corrected chi connectivity index (χ2v) is 6.95. The molecule has 5 N–H and O–H groups in total. The summed E-state index contributed by atoms with van der Waals surface area (Å²) in [6, 6.07) is 18.7. The van der Waals surface area contributed by atoms with Crippen LogP contribution in [0, 0.1) is 6.92 Å². The molecule has 31 heavy (non-hydrogen) atoms. The van der Waals surface area contributed by atoms with E-state index in [4.69, 9.17) is 16.2 Å². The number of hydrogen-bond donors (Lipinski definition) is 3. The van der Waals surface area contributed by atoms with Crippen LogP contribution in [0.4, 0.5) is 0 Å². The van der Waals surface area contributed by atoms with Gasteiger partial charge >= 0.3 is 0 Å².